The summed E-state index contributed by atoms with van der Waals surface area (Å²) < 4.78 is 32.5. The molecule has 0 aliphatic carbocycles. The molecular weight excluding hydrogens is 396 g/mol. The minimum Gasteiger partial charge on any atom is -0.493 e. The van der Waals surface area contributed by atoms with Gasteiger partial charge in [0.25, 0.3) is 0 Å². The number of carboxylic acids is 1. The van der Waals surface area contributed by atoms with E-state index in [1.165, 1.54) is 12.1 Å². The highest BCUT2D eigenvalue weighted by molar-refractivity contribution is 5.84. The van der Waals surface area contributed by atoms with Crippen molar-refractivity contribution in [2.75, 3.05) is 24.6 Å². The van der Waals surface area contributed by atoms with Crippen molar-refractivity contribution in [3.63, 3.8) is 0 Å². The lowest BCUT2D eigenvalue weighted by atomic mass is 10.0. The molecule has 0 radical (unpaired) electrons. The van der Waals surface area contributed by atoms with E-state index in [9.17, 15) is 23.5 Å². The summed E-state index contributed by atoms with van der Waals surface area (Å²) in [7, 11) is 0. The second kappa shape index (κ2) is 8.17. The second-order valence-electron chi connectivity index (χ2n) is 7.38. The molecule has 1 saturated heterocycles. The highest BCUT2D eigenvalue weighted by atomic mass is 19.1. The normalized spacial score (nSPS) is 18.5. The number of benzene rings is 2. The number of urea groups is 1. The van der Waals surface area contributed by atoms with Crippen molar-refractivity contribution in [1.29, 1.82) is 0 Å². The number of aliphatic carboxylic acids is 1. The van der Waals surface area contributed by atoms with E-state index in [1.807, 2.05) is 0 Å². The third kappa shape index (κ3) is 4.14. The van der Waals surface area contributed by atoms with Gasteiger partial charge in [-0.3, -0.25) is 0 Å². The predicted octanol–water partition coefficient (Wildman–Crippen LogP) is 2.60. The number of hydrogen-bond donors (Lipinski definition) is 3. The fourth-order valence-electron chi connectivity index (χ4n) is 3.87. The number of halogens is 2. The van der Waals surface area contributed by atoms with Crippen LogP contribution in [0.1, 0.15) is 23.6 Å². The molecule has 2 aliphatic heterocycles. The lowest BCUT2D eigenvalue weighted by Gasteiger charge is -2.21. The van der Waals surface area contributed by atoms with Crippen LogP contribution in [0.3, 0.4) is 0 Å². The van der Waals surface area contributed by atoms with Crippen LogP contribution >= 0.6 is 0 Å². The Morgan fingerprint density at radius 1 is 1.20 bits per heavy atom. The summed E-state index contributed by atoms with van der Waals surface area (Å²) in [5.74, 6) is -1.76. The number of rotatable bonds is 5. The fraction of sp³-hybridized carbons (Fsp3) is 0.333. The van der Waals surface area contributed by atoms with E-state index in [0.717, 1.165) is 17.4 Å². The molecule has 0 bridgehead atoms. The number of amides is 2. The number of hydrogen-bond acceptors (Lipinski definition) is 4. The van der Waals surface area contributed by atoms with E-state index in [0.29, 0.717) is 38.1 Å². The van der Waals surface area contributed by atoms with Crippen LogP contribution in [0.2, 0.25) is 0 Å². The number of nitrogens with zero attached hydrogens (tertiary/aromatic N) is 1. The van der Waals surface area contributed by atoms with Gasteiger partial charge in [-0.05, 0) is 41.8 Å². The molecule has 2 unspecified atom stereocenters. The monoisotopic (exact) mass is 417 g/mol. The molecule has 2 atom stereocenters. The molecule has 7 nitrogen and oxygen atoms in total. The maximum absolute atomic E-state index is 14.0. The Balaban J connectivity index is 1.38. The largest absolute Gasteiger partial charge is 0.493 e. The lowest BCUT2D eigenvalue weighted by molar-refractivity contribution is -0.139. The molecule has 2 aromatic rings. The Morgan fingerprint density at radius 2 is 2.03 bits per heavy atom. The molecule has 0 saturated carbocycles. The number of carbonyl (C=O) groups is 2. The van der Waals surface area contributed by atoms with Crippen LogP contribution in [0.15, 0.2) is 36.4 Å². The zero-order valence-corrected chi connectivity index (χ0v) is 16.0. The van der Waals surface area contributed by atoms with Gasteiger partial charge >= 0.3 is 12.0 Å². The molecule has 3 N–H and O–H groups in total. The first-order valence-electron chi connectivity index (χ1n) is 9.66. The fourth-order valence-corrected chi connectivity index (χ4v) is 3.87. The highest BCUT2D eigenvalue weighted by Crippen LogP contribution is 2.28. The third-order valence-corrected chi connectivity index (χ3v) is 5.34. The van der Waals surface area contributed by atoms with Crippen molar-refractivity contribution in [2.45, 2.75) is 24.9 Å². The topological polar surface area (TPSA) is 90.9 Å². The Hall–Kier alpha value is -3.36. The van der Waals surface area contributed by atoms with Gasteiger partial charge in [0.05, 0.1) is 12.3 Å². The van der Waals surface area contributed by atoms with Gasteiger partial charge in [0.2, 0.25) is 0 Å². The minimum atomic E-state index is -1.21. The predicted molar refractivity (Wildman–Crippen MR) is 105 cm³/mol. The maximum atomic E-state index is 14.0. The summed E-state index contributed by atoms with van der Waals surface area (Å²) >= 11 is 0. The Labute approximate surface area is 171 Å². The van der Waals surface area contributed by atoms with E-state index >= 15 is 0 Å². The summed E-state index contributed by atoms with van der Waals surface area (Å²) in [6, 6.07) is 6.32. The quantitative estimate of drug-likeness (QED) is 0.696. The molecule has 30 heavy (non-hydrogen) atoms. The zero-order valence-electron chi connectivity index (χ0n) is 16.0. The van der Waals surface area contributed by atoms with Crippen LogP contribution in [0.25, 0.3) is 0 Å². The van der Waals surface area contributed by atoms with Crippen molar-refractivity contribution in [2.24, 2.45) is 0 Å². The minimum absolute atomic E-state index is 0.268. The van der Waals surface area contributed by atoms with Crippen LogP contribution in [0, 0.1) is 11.6 Å². The standard InChI is InChI=1S/C21H21F2N3O4/c22-14-2-3-17(16(23)10-14)26-7-5-15(11-26)24-21(29)25-19(20(27)28)13-1-4-18-12(9-13)6-8-30-18/h1-4,9-10,15,19H,5-8,11H2,(H,27,28)(H2,24,25,29). The highest BCUT2D eigenvalue weighted by Gasteiger charge is 2.29. The molecular formula is C21H21F2N3O4. The molecule has 2 aromatic carbocycles. The van der Waals surface area contributed by atoms with E-state index in [1.54, 1.807) is 23.1 Å². The molecule has 9 heteroatoms. The third-order valence-electron chi connectivity index (χ3n) is 5.34. The number of nitrogens with one attached hydrogen (secondary N) is 2. The van der Waals surface area contributed by atoms with Crippen molar-refractivity contribution >= 4 is 17.7 Å². The zero-order chi connectivity index (χ0) is 21.3. The first-order chi connectivity index (χ1) is 14.4. The van der Waals surface area contributed by atoms with E-state index in [2.05, 4.69) is 10.6 Å². The first kappa shape index (κ1) is 19.9. The van der Waals surface area contributed by atoms with Gasteiger partial charge < -0.3 is 25.4 Å². The summed E-state index contributed by atoms with van der Waals surface area (Å²) in [5, 5.41) is 14.8. The maximum Gasteiger partial charge on any atom is 0.330 e. The SMILES string of the molecule is O=C(NC1CCN(c2ccc(F)cc2F)C1)NC(C(=O)O)c1ccc2c(c1)CCO2. The second-order valence-corrected chi connectivity index (χ2v) is 7.38. The Kier molecular flexibility index (Phi) is 5.43. The van der Waals surface area contributed by atoms with Gasteiger partial charge in [-0.2, -0.15) is 0 Å². The Morgan fingerprint density at radius 3 is 2.80 bits per heavy atom. The van der Waals surface area contributed by atoms with Gasteiger partial charge in [0.1, 0.15) is 17.4 Å². The number of anilines is 1. The van der Waals surface area contributed by atoms with Crippen LogP contribution in [0.5, 0.6) is 5.75 Å². The number of carbonyl (C=O) groups excluding carboxylic acids is 1. The van der Waals surface area contributed by atoms with Crippen molar-refractivity contribution in [3.8, 4) is 5.75 Å². The van der Waals surface area contributed by atoms with Gasteiger partial charge in [-0.15, -0.1) is 0 Å². The number of fused-ring (bicyclic) bond motifs is 1. The van der Waals surface area contributed by atoms with Crippen LogP contribution < -0.4 is 20.3 Å². The lowest BCUT2D eigenvalue weighted by Crippen LogP contribution is -2.46. The van der Waals surface area contributed by atoms with Crippen LogP contribution in [0.4, 0.5) is 19.3 Å². The average molecular weight is 417 g/mol. The summed E-state index contributed by atoms with van der Waals surface area (Å²) in [6.45, 7) is 1.38. The summed E-state index contributed by atoms with van der Waals surface area (Å²) in [6.07, 6.45) is 1.25. The molecule has 158 valence electrons. The molecule has 0 spiro atoms. The van der Waals surface area contributed by atoms with Crippen molar-refractivity contribution in [3.05, 3.63) is 59.2 Å². The van der Waals surface area contributed by atoms with Crippen molar-refractivity contribution in [1.82, 2.24) is 10.6 Å². The molecule has 1 fully saturated rings. The summed E-state index contributed by atoms with van der Waals surface area (Å²) in [4.78, 5) is 25.9. The molecule has 4 rings (SSSR count). The average Bonchev–Trinajstić information content (AvgIpc) is 3.34. The van der Waals surface area contributed by atoms with E-state index < -0.39 is 29.7 Å². The first-order valence-corrected chi connectivity index (χ1v) is 9.66. The molecule has 2 aliphatic rings. The Bertz CT molecular complexity index is 985. The molecule has 0 aromatic heterocycles. The summed E-state index contributed by atoms with van der Waals surface area (Å²) in [5.41, 5.74) is 1.64. The van der Waals surface area contributed by atoms with Gasteiger partial charge in [-0.25, -0.2) is 18.4 Å². The van der Waals surface area contributed by atoms with E-state index in [-0.39, 0.29) is 11.7 Å². The molecule has 2 amide bonds. The smallest absolute Gasteiger partial charge is 0.330 e. The van der Waals surface area contributed by atoms with E-state index in [4.69, 9.17) is 4.74 Å². The van der Waals surface area contributed by atoms with Gasteiger partial charge in [0, 0.05) is 31.6 Å². The van der Waals surface area contributed by atoms with Crippen LogP contribution in [-0.2, 0) is 11.2 Å². The van der Waals surface area contributed by atoms with Gasteiger partial charge in [-0.1, -0.05) is 6.07 Å². The number of carboxylic acid groups (broad SMARTS) is 1. The number of ether oxygens (including phenoxy) is 1. The van der Waals surface area contributed by atoms with Crippen LogP contribution in [-0.4, -0.2) is 42.8 Å². The van der Waals surface area contributed by atoms with Crippen molar-refractivity contribution < 1.29 is 28.2 Å². The molecule has 2 heterocycles. The van der Waals surface area contributed by atoms with Gasteiger partial charge in [0.15, 0.2) is 6.04 Å².